The largest absolute Gasteiger partial charge is 0.492 e. The third kappa shape index (κ3) is 6.75. The summed E-state index contributed by atoms with van der Waals surface area (Å²) in [7, 11) is 0. The topological polar surface area (TPSA) is 79.8 Å². The first-order valence-electron chi connectivity index (χ1n) is 9.74. The molecule has 1 fully saturated rings. The van der Waals surface area contributed by atoms with Gasteiger partial charge in [0.1, 0.15) is 5.75 Å². The number of hydrogen-bond acceptors (Lipinski definition) is 4. The van der Waals surface area contributed by atoms with Crippen molar-refractivity contribution in [3.63, 3.8) is 0 Å². The minimum atomic E-state index is -0.210. The average Bonchev–Trinajstić information content (AvgIpc) is 3.56. The predicted octanol–water partition coefficient (Wildman–Crippen LogP) is 5.04. The van der Waals surface area contributed by atoms with Crippen LogP contribution in [-0.2, 0) is 9.59 Å². The molecule has 3 rings (SSSR count). The molecule has 0 unspecified atom stereocenters. The number of amides is 2. The molecule has 2 N–H and O–H groups in total. The van der Waals surface area contributed by atoms with Crippen LogP contribution in [0.1, 0.15) is 38.2 Å². The van der Waals surface area contributed by atoms with E-state index in [0.29, 0.717) is 34.5 Å². The number of anilines is 1. The second-order valence-corrected chi connectivity index (χ2v) is 7.95. The van der Waals surface area contributed by atoms with Crippen LogP contribution >= 0.6 is 23.2 Å². The number of carbonyl (C=O) groups excluding carboxylic acids is 2. The Morgan fingerprint density at radius 1 is 1.17 bits per heavy atom. The zero-order valence-electron chi connectivity index (χ0n) is 16.6. The van der Waals surface area contributed by atoms with Gasteiger partial charge in [-0.3, -0.25) is 9.59 Å². The van der Waals surface area contributed by atoms with Gasteiger partial charge in [-0.2, -0.15) is 5.10 Å². The van der Waals surface area contributed by atoms with Crippen LogP contribution in [0.15, 0.2) is 47.6 Å². The predicted molar refractivity (Wildman–Crippen MR) is 119 cm³/mol. The van der Waals surface area contributed by atoms with Crippen LogP contribution in [0.25, 0.3) is 0 Å². The lowest BCUT2D eigenvalue weighted by molar-refractivity contribution is -0.121. The molecule has 2 amide bonds. The lowest BCUT2D eigenvalue weighted by atomic mass is 10.1. The summed E-state index contributed by atoms with van der Waals surface area (Å²) in [5.74, 6) is 0.516. The molecule has 0 saturated heterocycles. The van der Waals surface area contributed by atoms with Crippen LogP contribution in [0, 0.1) is 5.92 Å². The first-order chi connectivity index (χ1) is 14.4. The molecule has 2 aromatic rings. The Balaban J connectivity index is 1.43. The molecule has 1 aliphatic rings. The SMILES string of the molecule is CC(=NNC(=O)CCCOc1ccc(Cl)cc1Cl)c1cccc(NC(=O)C2CC2)c1. The molecule has 0 spiro atoms. The minimum Gasteiger partial charge on any atom is -0.492 e. The van der Waals surface area contributed by atoms with E-state index in [1.54, 1.807) is 25.1 Å². The van der Waals surface area contributed by atoms with E-state index in [4.69, 9.17) is 27.9 Å². The van der Waals surface area contributed by atoms with Gasteiger partial charge in [-0.05, 0) is 62.1 Å². The summed E-state index contributed by atoms with van der Waals surface area (Å²) in [6, 6.07) is 12.4. The van der Waals surface area contributed by atoms with Gasteiger partial charge in [0.15, 0.2) is 0 Å². The molecule has 0 aromatic heterocycles. The van der Waals surface area contributed by atoms with Gasteiger partial charge >= 0.3 is 0 Å². The van der Waals surface area contributed by atoms with Gasteiger partial charge in [-0.1, -0.05) is 35.3 Å². The Bertz CT molecular complexity index is 958. The Kier molecular flexibility index (Phi) is 7.71. The van der Waals surface area contributed by atoms with Crippen molar-refractivity contribution >= 4 is 46.4 Å². The number of nitrogens with one attached hydrogen (secondary N) is 2. The highest BCUT2D eigenvalue weighted by Crippen LogP contribution is 2.30. The van der Waals surface area contributed by atoms with E-state index in [2.05, 4.69) is 15.8 Å². The van der Waals surface area contributed by atoms with E-state index in [1.807, 2.05) is 24.3 Å². The van der Waals surface area contributed by atoms with Crippen molar-refractivity contribution in [2.24, 2.45) is 11.0 Å². The molecule has 0 atom stereocenters. The summed E-state index contributed by atoms with van der Waals surface area (Å²) in [6.07, 6.45) is 2.69. The summed E-state index contributed by atoms with van der Waals surface area (Å²) < 4.78 is 5.56. The van der Waals surface area contributed by atoms with Crippen LogP contribution in [0.3, 0.4) is 0 Å². The van der Waals surface area contributed by atoms with Crippen molar-refractivity contribution in [1.29, 1.82) is 0 Å². The molecule has 0 aliphatic heterocycles. The van der Waals surface area contributed by atoms with Crippen LogP contribution in [0.4, 0.5) is 5.69 Å². The molecule has 1 saturated carbocycles. The van der Waals surface area contributed by atoms with E-state index in [-0.39, 0.29) is 24.2 Å². The Hall–Kier alpha value is -2.57. The van der Waals surface area contributed by atoms with Gasteiger partial charge in [0.2, 0.25) is 11.8 Å². The molecular formula is C22H23Cl2N3O3. The van der Waals surface area contributed by atoms with Gasteiger partial charge in [0, 0.05) is 23.0 Å². The number of benzene rings is 2. The van der Waals surface area contributed by atoms with Crippen molar-refractivity contribution < 1.29 is 14.3 Å². The van der Waals surface area contributed by atoms with Gasteiger partial charge in [0.25, 0.3) is 0 Å². The van der Waals surface area contributed by atoms with Crippen molar-refractivity contribution in [2.75, 3.05) is 11.9 Å². The summed E-state index contributed by atoms with van der Waals surface area (Å²) in [6.45, 7) is 2.15. The molecule has 8 heteroatoms. The van der Waals surface area contributed by atoms with E-state index >= 15 is 0 Å². The Morgan fingerprint density at radius 3 is 2.70 bits per heavy atom. The zero-order valence-corrected chi connectivity index (χ0v) is 18.1. The number of halogens is 2. The number of hydrogen-bond donors (Lipinski definition) is 2. The van der Waals surface area contributed by atoms with Crippen molar-refractivity contribution in [2.45, 2.75) is 32.6 Å². The number of rotatable bonds is 9. The maximum Gasteiger partial charge on any atom is 0.240 e. The number of nitrogens with zero attached hydrogens (tertiary/aromatic N) is 1. The number of ether oxygens (including phenoxy) is 1. The summed E-state index contributed by atoms with van der Waals surface area (Å²) in [4.78, 5) is 23.9. The van der Waals surface area contributed by atoms with Crippen LogP contribution in [0.2, 0.25) is 10.0 Å². The fourth-order valence-corrected chi connectivity index (χ4v) is 3.15. The van der Waals surface area contributed by atoms with E-state index < -0.39 is 0 Å². The van der Waals surface area contributed by atoms with Gasteiger partial charge < -0.3 is 10.1 Å². The van der Waals surface area contributed by atoms with Crippen LogP contribution in [-0.4, -0.2) is 24.1 Å². The van der Waals surface area contributed by atoms with E-state index in [9.17, 15) is 9.59 Å². The molecule has 0 heterocycles. The molecule has 1 aliphatic carbocycles. The van der Waals surface area contributed by atoms with E-state index in [0.717, 1.165) is 24.1 Å². The standard InChI is InChI=1S/C22H23Cl2N3O3/c1-14(16-4-2-5-18(12-16)25-22(29)15-7-8-15)26-27-21(28)6-3-11-30-20-10-9-17(23)13-19(20)24/h2,4-5,9-10,12-13,15H,3,6-8,11H2,1H3,(H,25,29)(H,27,28). The molecule has 6 nitrogen and oxygen atoms in total. The molecular weight excluding hydrogens is 425 g/mol. The molecule has 0 bridgehead atoms. The van der Waals surface area contributed by atoms with Crippen molar-refractivity contribution in [3.05, 3.63) is 58.1 Å². The number of carbonyl (C=O) groups is 2. The molecule has 2 aromatic carbocycles. The average molecular weight is 448 g/mol. The number of hydrazone groups is 1. The maximum absolute atomic E-state index is 12.0. The third-order valence-corrected chi connectivity index (χ3v) is 5.07. The molecule has 158 valence electrons. The summed E-state index contributed by atoms with van der Waals surface area (Å²) >= 11 is 11.9. The van der Waals surface area contributed by atoms with E-state index in [1.165, 1.54) is 0 Å². The molecule has 30 heavy (non-hydrogen) atoms. The smallest absolute Gasteiger partial charge is 0.240 e. The monoisotopic (exact) mass is 447 g/mol. The molecule has 0 radical (unpaired) electrons. The van der Waals surface area contributed by atoms with Crippen LogP contribution in [0.5, 0.6) is 5.75 Å². The lowest BCUT2D eigenvalue weighted by Crippen LogP contribution is -2.19. The first kappa shape index (κ1) is 22.1. The summed E-state index contributed by atoms with van der Waals surface area (Å²) in [5.41, 5.74) is 4.75. The normalized spacial score (nSPS) is 13.6. The summed E-state index contributed by atoms with van der Waals surface area (Å²) in [5, 5.41) is 8.03. The highest BCUT2D eigenvalue weighted by Gasteiger charge is 2.29. The quantitative estimate of drug-likeness (QED) is 0.320. The fraction of sp³-hybridized carbons (Fsp3) is 0.318. The van der Waals surface area contributed by atoms with Gasteiger partial charge in [-0.15, -0.1) is 0 Å². The first-order valence-corrected chi connectivity index (χ1v) is 10.5. The van der Waals surface area contributed by atoms with Gasteiger partial charge in [0.05, 0.1) is 17.3 Å². The zero-order chi connectivity index (χ0) is 21.5. The Morgan fingerprint density at radius 2 is 1.97 bits per heavy atom. The highest BCUT2D eigenvalue weighted by atomic mass is 35.5. The highest BCUT2D eigenvalue weighted by molar-refractivity contribution is 6.35. The lowest BCUT2D eigenvalue weighted by Gasteiger charge is -2.08. The van der Waals surface area contributed by atoms with Gasteiger partial charge in [-0.25, -0.2) is 5.43 Å². The van der Waals surface area contributed by atoms with Crippen LogP contribution < -0.4 is 15.5 Å². The third-order valence-electron chi connectivity index (χ3n) is 4.54. The van der Waals surface area contributed by atoms with Crippen molar-refractivity contribution in [1.82, 2.24) is 5.43 Å². The maximum atomic E-state index is 12.0. The second kappa shape index (κ2) is 10.5. The fourth-order valence-electron chi connectivity index (χ4n) is 2.69. The van der Waals surface area contributed by atoms with Crippen molar-refractivity contribution in [3.8, 4) is 5.75 Å². The second-order valence-electron chi connectivity index (χ2n) is 7.10. The minimum absolute atomic E-state index is 0.0529. The Labute approximate surface area is 185 Å².